The highest BCUT2D eigenvalue weighted by Gasteiger charge is 2.11. The Balaban J connectivity index is 2.05. The lowest BCUT2D eigenvalue weighted by Gasteiger charge is -2.19. The molecule has 1 heterocycles. The first-order valence-corrected chi connectivity index (χ1v) is 5.78. The second kappa shape index (κ2) is 5.25. The van der Waals surface area contributed by atoms with Gasteiger partial charge >= 0.3 is 6.03 Å². The molecule has 1 aromatic carbocycles. The molecule has 2 rings (SSSR count). The van der Waals surface area contributed by atoms with Crippen molar-refractivity contribution in [1.82, 2.24) is 4.90 Å². The van der Waals surface area contributed by atoms with Crippen molar-refractivity contribution in [1.29, 1.82) is 0 Å². The standard InChI is InChI=1S/C12H10Cl2N2O/c13-10-5-4-9(8-11(10)14)15-12(17)16-6-2-1-3-7-16/h1-6,8H,7H2,(H,15,17). The van der Waals surface area contributed by atoms with Crippen LogP contribution in [0.2, 0.25) is 10.0 Å². The van der Waals surface area contributed by atoms with E-state index in [0.717, 1.165) is 0 Å². The minimum absolute atomic E-state index is 0.205. The monoisotopic (exact) mass is 268 g/mol. The Bertz CT molecular complexity index is 497. The first-order chi connectivity index (χ1) is 8.16. The summed E-state index contributed by atoms with van der Waals surface area (Å²) in [5.41, 5.74) is 0.618. The van der Waals surface area contributed by atoms with E-state index in [2.05, 4.69) is 5.32 Å². The van der Waals surface area contributed by atoms with Crippen molar-refractivity contribution < 1.29 is 4.79 Å². The van der Waals surface area contributed by atoms with Gasteiger partial charge in [0.2, 0.25) is 0 Å². The van der Waals surface area contributed by atoms with Crippen molar-refractivity contribution in [2.45, 2.75) is 0 Å². The van der Waals surface area contributed by atoms with Crippen LogP contribution in [0.3, 0.4) is 0 Å². The largest absolute Gasteiger partial charge is 0.326 e. The number of carbonyl (C=O) groups excluding carboxylic acids is 1. The quantitative estimate of drug-likeness (QED) is 0.823. The van der Waals surface area contributed by atoms with Crippen LogP contribution < -0.4 is 5.32 Å². The fourth-order valence-electron chi connectivity index (χ4n) is 1.39. The van der Waals surface area contributed by atoms with Crippen LogP contribution in [-0.4, -0.2) is 17.5 Å². The van der Waals surface area contributed by atoms with E-state index < -0.39 is 0 Å². The number of hydrogen-bond donors (Lipinski definition) is 1. The summed E-state index contributed by atoms with van der Waals surface area (Å²) >= 11 is 11.7. The molecule has 0 radical (unpaired) electrons. The minimum atomic E-state index is -0.205. The second-order valence-electron chi connectivity index (χ2n) is 3.48. The number of nitrogens with zero attached hydrogens (tertiary/aromatic N) is 1. The lowest BCUT2D eigenvalue weighted by atomic mass is 10.3. The molecule has 0 aromatic heterocycles. The van der Waals surface area contributed by atoms with E-state index in [1.165, 1.54) is 0 Å². The lowest BCUT2D eigenvalue weighted by molar-refractivity contribution is 0.231. The van der Waals surface area contributed by atoms with Gasteiger partial charge in [0.1, 0.15) is 0 Å². The maximum Gasteiger partial charge on any atom is 0.326 e. The molecular formula is C12H10Cl2N2O. The number of anilines is 1. The van der Waals surface area contributed by atoms with Crippen molar-refractivity contribution in [3.8, 4) is 0 Å². The van der Waals surface area contributed by atoms with Gasteiger partial charge in [-0.2, -0.15) is 0 Å². The van der Waals surface area contributed by atoms with Gasteiger partial charge in [0.05, 0.1) is 10.0 Å². The molecule has 0 spiro atoms. The Labute approximate surface area is 109 Å². The van der Waals surface area contributed by atoms with Crippen LogP contribution in [-0.2, 0) is 0 Å². The van der Waals surface area contributed by atoms with Gasteiger partial charge in [-0.3, -0.25) is 4.90 Å². The van der Waals surface area contributed by atoms with Gasteiger partial charge in [-0.25, -0.2) is 4.79 Å². The van der Waals surface area contributed by atoms with Crippen LogP contribution in [0.15, 0.2) is 42.6 Å². The van der Waals surface area contributed by atoms with E-state index in [4.69, 9.17) is 23.2 Å². The number of urea groups is 1. The number of allylic oxidation sites excluding steroid dienone is 2. The summed E-state index contributed by atoms with van der Waals surface area (Å²) in [6, 6.07) is 4.76. The van der Waals surface area contributed by atoms with Crippen molar-refractivity contribution >= 4 is 34.9 Å². The van der Waals surface area contributed by atoms with Gasteiger partial charge in [0, 0.05) is 18.4 Å². The lowest BCUT2D eigenvalue weighted by Crippen LogP contribution is -2.31. The SMILES string of the molecule is O=C(Nc1ccc(Cl)c(Cl)c1)N1C=CC=CC1. The van der Waals surface area contributed by atoms with Crippen molar-refractivity contribution in [2.24, 2.45) is 0 Å². The van der Waals surface area contributed by atoms with E-state index >= 15 is 0 Å². The summed E-state index contributed by atoms with van der Waals surface area (Å²) in [6.45, 7) is 0.559. The number of carbonyl (C=O) groups is 1. The summed E-state index contributed by atoms with van der Waals surface area (Å²) in [5.74, 6) is 0. The normalized spacial score (nSPS) is 13.9. The molecule has 2 amide bonds. The van der Waals surface area contributed by atoms with Crippen LogP contribution in [0.4, 0.5) is 10.5 Å². The number of nitrogens with one attached hydrogen (secondary N) is 1. The average molecular weight is 269 g/mol. The van der Waals surface area contributed by atoms with E-state index in [-0.39, 0.29) is 6.03 Å². The maximum atomic E-state index is 11.8. The van der Waals surface area contributed by atoms with Crippen LogP contribution >= 0.6 is 23.2 Å². The molecule has 1 aliphatic heterocycles. The van der Waals surface area contributed by atoms with Gasteiger partial charge in [0.25, 0.3) is 0 Å². The molecule has 0 aliphatic carbocycles. The smallest absolute Gasteiger partial charge is 0.307 e. The molecule has 1 N–H and O–H groups in total. The predicted octanol–water partition coefficient (Wildman–Crippen LogP) is 3.91. The molecule has 0 saturated heterocycles. The number of amides is 2. The second-order valence-corrected chi connectivity index (χ2v) is 4.30. The van der Waals surface area contributed by atoms with Gasteiger partial charge in [-0.1, -0.05) is 35.4 Å². The maximum absolute atomic E-state index is 11.8. The Morgan fingerprint density at radius 3 is 2.71 bits per heavy atom. The summed E-state index contributed by atoms with van der Waals surface area (Å²) < 4.78 is 0. The number of hydrogen-bond acceptors (Lipinski definition) is 1. The number of benzene rings is 1. The minimum Gasteiger partial charge on any atom is -0.307 e. The van der Waals surface area contributed by atoms with E-state index in [9.17, 15) is 4.79 Å². The first-order valence-electron chi connectivity index (χ1n) is 5.03. The topological polar surface area (TPSA) is 32.3 Å². The molecule has 0 fully saturated rings. The molecule has 0 atom stereocenters. The Morgan fingerprint density at radius 1 is 1.24 bits per heavy atom. The van der Waals surface area contributed by atoms with E-state index in [1.54, 1.807) is 35.4 Å². The Morgan fingerprint density at radius 2 is 2.06 bits per heavy atom. The van der Waals surface area contributed by atoms with Crippen molar-refractivity contribution in [3.05, 3.63) is 52.7 Å². The predicted molar refractivity (Wildman–Crippen MR) is 70.5 cm³/mol. The number of rotatable bonds is 1. The van der Waals surface area contributed by atoms with Crippen LogP contribution in [0.5, 0.6) is 0 Å². The fourth-order valence-corrected chi connectivity index (χ4v) is 1.69. The van der Waals surface area contributed by atoms with Crippen LogP contribution in [0, 0.1) is 0 Å². The average Bonchev–Trinajstić information content (AvgIpc) is 2.35. The molecule has 17 heavy (non-hydrogen) atoms. The molecule has 0 saturated carbocycles. The summed E-state index contributed by atoms with van der Waals surface area (Å²) in [6.07, 6.45) is 7.31. The fraction of sp³-hybridized carbons (Fsp3) is 0.0833. The Kier molecular flexibility index (Phi) is 3.71. The first kappa shape index (κ1) is 12.0. The summed E-state index contributed by atoms with van der Waals surface area (Å²) in [7, 11) is 0. The van der Waals surface area contributed by atoms with Gasteiger partial charge in [0.15, 0.2) is 0 Å². The third-order valence-electron chi connectivity index (χ3n) is 2.25. The van der Waals surface area contributed by atoms with E-state index in [0.29, 0.717) is 22.3 Å². The molecule has 1 aromatic rings. The van der Waals surface area contributed by atoms with E-state index in [1.807, 2.05) is 12.2 Å². The van der Waals surface area contributed by atoms with Crippen molar-refractivity contribution in [2.75, 3.05) is 11.9 Å². The zero-order chi connectivity index (χ0) is 12.3. The summed E-state index contributed by atoms with van der Waals surface area (Å²) in [5, 5.41) is 3.62. The molecule has 5 heteroatoms. The van der Waals surface area contributed by atoms with Gasteiger partial charge in [-0.05, 0) is 24.3 Å². The summed E-state index contributed by atoms with van der Waals surface area (Å²) in [4.78, 5) is 13.4. The number of halogens is 2. The van der Waals surface area contributed by atoms with Crippen molar-refractivity contribution in [3.63, 3.8) is 0 Å². The molecule has 1 aliphatic rings. The molecule has 0 bridgehead atoms. The molecule has 3 nitrogen and oxygen atoms in total. The van der Waals surface area contributed by atoms with Gasteiger partial charge < -0.3 is 5.32 Å². The molecule has 88 valence electrons. The van der Waals surface area contributed by atoms with Gasteiger partial charge in [-0.15, -0.1) is 0 Å². The Hall–Kier alpha value is -1.45. The highest BCUT2D eigenvalue weighted by atomic mass is 35.5. The zero-order valence-electron chi connectivity index (χ0n) is 8.86. The molecule has 0 unspecified atom stereocenters. The highest BCUT2D eigenvalue weighted by Crippen LogP contribution is 2.25. The zero-order valence-corrected chi connectivity index (χ0v) is 10.4. The van der Waals surface area contributed by atoms with Crippen LogP contribution in [0.25, 0.3) is 0 Å². The van der Waals surface area contributed by atoms with Crippen LogP contribution in [0.1, 0.15) is 0 Å². The highest BCUT2D eigenvalue weighted by molar-refractivity contribution is 6.42. The molecular weight excluding hydrogens is 259 g/mol. The third-order valence-corrected chi connectivity index (χ3v) is 2.99. The third kappa shape index (κ3) is 3.02.